The van der Waals surface area contributed by atoms with E-state index in [-0.39, 0.29) is 59.1 Å². The van der Waals surface area contributed by atoms with Gasteiger partial charge in [-0.15, -0.1) is 0 Å². The fourth-order valence-corrected chi connectivity index (χ4v) is 0.0781. The van der Waals surface area contributed by atoms with E-state index in [2.05, 4.69) is 0 Å². The molecule has 1 atom stereocenters. The molecule has 9 heavy (non-hydrogen) atoms. The summed E-state index contributed by atoms with van der Waals surface area (Å²) in [7, 11) is 0. The van der Waals surface area contributed by atoms with Crippen LogP contribution in [-0.4, -0.2) is 87.9 Å². The number of hydrogen-bond acceptors (Lipinski definition) is 3. The van der Waals surface area contributed by atoms with Gasteiger partial charge in [-0.05, 0) is 0 Å². The molecule has 0 heterocycles. The molecule has 0 fully saturated rings. The Morgan fingerprint density at radius 3 is 1.89 bits per heavy atom. The first-order chi connectivity index (χ1) is 3.18. The van der Waals surface area contributed by atoms with Crippen molar-refractivity contribution in [1.82, 2.24) is 0 Å². The Morgan fingerprint density at radius 2 is 1.89 bits per heavy atom. The molecule has 46 valence electrons. The Hall–Kier alpha value is 1.39. The molecule has 4 nitrogen and oxygen atoms in total. The van der Waals surface area contributed by atoms with E-state index in [1.54, 1.807) is 0 Å². The second-order valence-electron chi connectivity index (χ2n) is 1.13. The molecule has 0 saturated heterocycles. The van der Waals surface area contributed by atoms with Gasteiger partial charge in [0.1, 0.15) is 6.04 Å². The van der Waals surface area contributed by atoms with E-state index in [1.165, 1.54) is 0 Å². The summed E-state index contributed by atoms with van der Waals surface area (Å²) in [5.74, 6) is -1.18. The van der Waals surface area contributed by atoms with Gasteiger partial charge in [-0.25, -0.2) is 0 Å². The van der Waals surface area contributed by atoms with Crippen LogP contribution in [0.2, 0.25) is 0 Å². The van der Waals surface area contributed by atoms with Gasteiger partial charge in [-0.1, -0.05) is 0 Å². The zero-order valence-corrected chi connectivity index (χ0v) is 3.66. The summed E-state index contributed by atoms with van der Waals surface area (Å²) in [4.78, 5) is 9.65. The van der Waals surface area contributed by atoms with Crippen molar-refractivity contribution >= 4 is 65.1 Å². The number of rotatable bonds is 2. The van der Waals surface area contributed by atoms with Crippen molar-refractivity contribution in [2.75, 3.05) is 6.61 Å². The van der Waals surface area contributed by atoms with E-state index in [1.807, 2.05) is 0 Å². The van der Waals surface area contributed by atoms with E-state index in [0.29, 0.717) is 0 Å². The Kier molecular flexibility index (Phi) is 17.5. The molecule has 0 radical (unpaired) electrons. The molecular weight excluding hydrogens is 144 g/mol. The van der Waals surface area contributed by atoms with Crippen LogP contribution in [0.4, 0.5) is 0 Å². The fourth-order valence-electron chi connectivity index (χ4n) is 0.0781. The van der Waals surface area contributed by atoms with Crippen molar-refractivity contribution < 1.29 is 15.0 Å². The van der Waals surface area contributed by atoms with E-state index in [4.69, 9.17) is 15.9 Å². The van der Waals surface area contributed by atoms with Crippen molar-refractivity contribution in [3.63, 3.8) is 0 Å². The van der Waals surface area contributed by atoms with Crippen LogP contribution in [0.3, 0.4) is 0 Å². The summed E-state index contributed by atoms with van der Waals surface area (Å²) < 4.78 is 0. The number of aliphatic hydroxyl groups is 1. The van der Waals surface area contributed by atoms with Crippen LogP contribution in [0.15, 0.2) is 0 Å². The number of aliphatic carboxylic acids is 1. The first-order valence-corrected chi connectivity index (χ1v) is 1.77. The third-order valence-corrected chi connectivity index (χ3v) is 0.514. The summed E-state index contributed by atoms with van der Waals surface area (Å²) in [6, 6.07) is -1.13. The van der Waals surface area contributed by atoms with Crippen LogP contribution in [-0.2, 0) is 4.79 Å². The molecule has 0 unspecified atom stereocenters. The van der Waals surface area contributed by atoms with Crippen LogP contribution in [0.25, 0.3) is 0 Å². The second kappa shape index (κ2) is 9.39. The molecular formula is C3H9NNa2O3. The molecule has 0 aromatic carbocycles. The number of hydrogen-bond donors (Lipinski definition) is 3. The van der Waals surface area contributed by atoms with Crippen LogP contribution in [0, 0.1) is 0 Å². The minimum atomic E-state index is -1.18. The van der Waals surface area contributed by atoms with Gasteiger partial charge < -0.3 is 15.9 Å². The van der Waals surface area contributed by atoms with E-state index >= 15 is 0 Å². The maximum atomic E-state index is 9.65. The topological polar surface area (TPSA) is 83.5 Å². The Morgan fingerprint density at radius 1 is 1.56 bits per heavy atom. The number of nitrogens with two attached hydrogens (primary N) is 1. The number of carboxylic acids is 1. The van der Waals surface area contributed by atoms with Gasteiger partial charge in [0, 0.05) is 0 Å². The third-order valence-electron chi connectivity index (χ3n) is 0.514. The molecule has 4 N–H and O–H groups in total. The summed E-state index contributed by atoms with van der Waals surface area (Å²) in [5.41, 5.74) is 4.77. The zero-order chi connectivity index (χ0) is 5.86. The van der Waals surface area contributed by atoms with Crippen LogP contribution >= 0.6 is 0 Å². The Bertz CT molecular complexity index is 79.5. The van der Waals surface area contributed by atoms with Gasteiger partial charge in [0.2, 0.25) is 0 Å². The molecule has 0 spiro atoms. The molecule has 0 aromatic rings. The van der Waals surface area contributed by atoms with Crippen molar-refractivity contribution in [2.24, 2.45) is 5.73 Å². The summed E-state index contributed by atoms with van der Waals surface area (Å²) in [6.07, 6.45) is 0. The molecule has 0 saturated carbocycles. The molecule has 0 aliphatic heterocycles. The van der Waals surface area contributed by atoms with Crippen molar-refractivity contribution in [3.8, 4) is 0 Å². The van der Waals surface area contributed by atoms with E-state index in [9.17, 15) is 4.79 Å². The van der Waals surface area contributed by atoms with Gasteiger partial charge in [0.05, 0.1) is 6.61 Å². The SMILES string of the molecule is N[C@@H](CO)C(=O)O.[NaH].[NaH]. The van der Waals surface area contributed by atoms with Crippen LogP contribution < -0.4 is 5.73 Å². The average Bonchev–Trinajstić information content (AvgIpc) is 1.65. The van der Waals surface area contributed by atoms with Crippen molar-refractivity contribution in [1.29, 1.82) is 0 Å². The van der Waals surface area contributed by atoms with Crippen molar-refractivity contribution in [2.45, 2.75) is 6.04 Å². The number of carboxylic acid groups (broad SMARTS) is 1. The first-order valence-electron chi connectivity index (χ1n) is 1.77. The average molecular weight is 153 g/mol. The quantitative estimate of drug-likeness (QED) is 0.371. The first kappa shape index (κ1) is 16.8. The Balaban J connectivity index is -0.000000180. The molecule has 0 bridgehead atoms. The predicted molar refractivity (Wildman–Crippen MR) is 37.0 cm³/mol. The van der Waals surface area contributed by atoms with Gasteiger partial charge in [-0.2, -0.15) is 0 Å². The van der Waals surface area contributed by atoms with Gasteiger partial charge >= 0.3 is 65.1 Å². The van der Waals surface area contributed by atoms with E-state index in [0.717, 1.165) is 0 Å². The zero-order valence-electron chi connectivity index (χ0n) is 3.66. The standard InChI is InChI=1S/C3H7NO3.2Na.2H/c4-2(1-5)3(6)7;;;;/h2,5H,1,4H2,(H,6,7);;;;/t2-;;;;/m0..../s1. The number of aliphatic hydroxyl groups excluding tert-OH is 1. The normalized spacial score (nSPS) is 10.4. The monoisotopic (exact) mass is 153 g/mol. The maximum absolute atomic E-state index is 9.65. The molecule has 0 aliphatic rings. The summed E-state index contributed by atoms with van der Waals surface area (Å²) in [5, 5.41) is 15.9. The van der Waals surface area contributed by atoms with Gasteiger partial charge in [0.15, 0.2) is 0 Å². The minimum absolute atomic E-state index is 0. The molecule has 0 aromatic heterocycles. The van der Waals surface area contributed by atoms with Crippen LogP contribution in [0.5, 0.6) is 0 Å². The van der Waals surface area contributed by atoms with E-state index < -0.39 is 18.6 Å². The molecule has 0 aliphatic carbocycles. The third kappa shape index (κ3) is 9.39. The predicted octanol–water partition coefficient (Wildman–Crippen LogP) is -2.91. The fraction of sp³-hybridized carbons (Fsp3) is 0.667. The van der Waals surface area contributed by atoms with Gasteiger partial charge in [0.25, 0.3) is 0 Å². The molecule has 0 rings (SSSR count). The second-order valence-corrected chi connectivity index (χ2v) is 1.13. The summed E-state index contributed by atoms with van der Waals surface area (Å²) >= 11 is 0. The van der Waals surface area contributed by atoms with Crippen molar-refractivity contribution in [3.05, 3.63) is 0 Å². The molecule has 0 amide bonds. The Labute approximate surface area is 97.4 Å². The summed E-state index contributed by atoms with van der Waals surface area (Å²) in [6.45, 7) is -0.505. The molecule has 6 heteroatoms. The number of carbonyl (C=O) groups is 1. The van der Waals surface area contributed by atoms with Crippen LogP contribution in [0.1, 0.15) is 0 Å². The van der Waals surface area contributed by atoms with Gasteiger partial charge in [-0.3, -0.25) is 4.79 Å².